The molecule has 11 heteroatoms. The maximum absolute atomic E-state index is 14.2. The highest BCUT2D eigenvalue weighted by Crippen LogP contribution is 2.44. The number of anilines is 2. The first-order valence-corrected chi connectivity index (χ1v) is 9.47. The van der Waals surface area contributed by atoms with Crippen molar-refractivity contribution in [2.75, 3.05) is 29.9 Å². The Hall–Kier alpha value is -2.59. The van der Waals surface area contributed by atoms with Gasteiger partial charge in [0, 0.05) is 37.6 Å². The Kier molecular flexibility index (Phi) is 4.99. The molecule has 0 bridgehead atoms. The summed E-state index contributed by atoms with van der Waals surface area (Å²) >= 11 is 6.31. The summed E-state index contributed by atoms with van der Waals surface area (Å²) in [4.78, 5) is 26.5. The van der Waals surface area contributed by atoms with Crippen molar-refractivity contribution in [2.24, 2.45) is 0 Å². The first-order valence-electron chi connectivity index (χ1n) is 9.09. The zero-order valence-corrected chi connectivity index (χ0v) is 16.5. The normalized spacial score (nSPS) is 22.0. The summed E-state index contributed by atoms with van der Waals surface area (Å²) in [6.07, 6.45) is -1.66. The van der Waals surface area contributed by atoms with E-state index >= 15 is 0 Å². The third-order valence-electron chi connectivity index (χ3n) is 4.76. The van der Waals surface area contributed by atoms with Crippen LogP contribution < -0.4 is 15.5 Å². The summed E-state index contributed by atoms with van der Waals surface area (Å²) in [7, 11) is 0. The second-order valence-electron chi connectivity index (χ2n) is 7.18. The molecule has 29 heavy (non-hydrogen) atoms. The molecule has 8 nitrogen and oxygen atoms in total. The molecule has 2 N–H and O–H groups in total. The fourth-order valence-corrected chi connectivity index (χ4v) is 3.70. The Morgan fingerprint density at radius 2 is 2.14 bits per heavy atom. The van der Waals surface area contributed by atoms with Crippen LogP contribution in [0.25, 0.3) is 11.4 Å². The summed E-state index contributed by atoms with van der Waals surface area (Å²) in [5.74, 6) is -2.76. The molecule has 0 saturated carbocycles. The number of hydrogen-bond donors (Lipinski definition) is 2. The molecule has 1 saturated heterocycles. The van der Waals surface area contributed by atoms with E-state index < -0.39 is 18.1 Å². The zero-order valence-electron chi connectivity index (χ0n) is 15.7. The smallest absolute Gasteiger partial charge is 0.413 e. The van der Waals surface area contributed by atoms with Gasteiger partial charge in [-0.05, 0) is 19.1 Å². The van der Waals surface area contributed by atoms with Crippen molar-refractivity contribution >= 4 is 29.3 Å². The highest BCUT2D eigenvalue weighted by atomic mass is 35.5. The van der Waals surface area contributed by atoms with Crippen LogP contribution in [0.3, 0.4) is 0 Å². The van der Waals surface area contributed by atoms with Crippen molar-refractivity contribution in [3.63, 3.8) is 0 Å². The number of rotatable bonds is 3. The van der Waals surface area contributed by atoms with Crippen molar-refractivity contribution in [1.82, 2.24) is 20.3 Å². The Morgan fingerprint density at radius 3 is 2.86 bits per heavy atom. The van der Waals surface area contributed by atoms with E-state index in [0.29, 0.717) is 23.5 Å². The van der Waals surface area contributed by atoms with Crippen molar-refractivity contribution in [2.45, 2.75) is 31.9 Å². The Balaban J connectivity index is 1.82. The molecular formula is C18H19ClF2N6O2. The molecule has 4 rings (SSSR count). The van der Waals surface area contributed by atoms with Gasteiger partial charge < -0.3 is 15.0 Å². The number of nitrogens with zero attached hydrogens (tertiary/aromatic N) is 4. The van der Waals surface area contributed by atoms with Crippen LogP contribution in [-0.4, -0.2) is 52.6 Å². The van der Waals surface area contributed by atoms with Gasteiger partial charge in [0.05, 0.1) is 11.3 Å². The second-order valence-corrected chi connectivity index (χ2v) is 7.62. The van der Waals surface area contributed by atoms with E-state index in [2.05, 4.69) is 37.4 Å². The molecule has 2 aromatic rings. The average Bonchev–Trinajstić information content (AvgIpc) is 2.65. The predicted octanol–water partition coefficient (Wildman–Crippen LogP) is 3.25. The Labute approximate surface area is 170 Å². The van der Waals surface area contributed by atoms with E-state index in [0.717, 1.165) is 19.6 Å². The molecule has 1 amide bonds. The minimum Gasteiger partial charge on any atom is -0.434 e. The molecule has 0 aromatic carbocycles. The number of aromatic nitrogens is 3. The van der Waals surface area contributed by atoms with Gasteiger partial charge in [0.15, 0.2) is 6.10 Å². The summed E-state index contributed by atoms with van der Waals surface area (Å²) in [6, 6.07) is 3.54. The number of carbonyl (C=O) groups excluding carboxylic acids is 1. The molecule has 154 valence electrons. The number of cyclic esters (lactones) is 1. The van der Waals surface area contributed by atoms with Gasteiger partial charge in [-0.1, -0.05) is 11.6 Å². The first-order chi connectivity index (χ1) is 13.7. The highest BCUT2D eigenvalue weighted by molar-refractivity contribution is 6.31. The van der Waals surface area contributed by atoms with Crippen LogP contribution in [0, 0.1) is 0 Å². The van der Waals surface area contributed by atoms with Crippen LogP contribution in [0.1, 0.15) is 25.5 Å². The van der Waals surface area contributed by atoms with Crippen molar-refractivity contribution in [1.29, 1.82) is 0 Å². The van der Waals surface area contributed by atoms with E-state index in [-0.39, 0.29) is 23.1 Å². The highest BCUT2D eigenvalue weighted by Gasteiger charge is 2.45. The number of amides is 1. The van der Waals surface area contributed by atoms with Gasteiger partial charge in [-0.25, -0.2) is 28.5 Å². The second kappa shape index (κ2) is 7.34. The minimum atomic E-state index is -3.35. The third kappa shape index (κ3) is 3.95. The number of piperazine rings is 1. The van der Waals surface area contributed by atoms with Gasteiger partial charge in [-0.15, -0.1) is 0 Å². The number of carbonyl (C=O) groups is 1. The summed E-state index contributed by atoms with van der Waals surface area (Å²) in [5, 5.41) is 6.09. The van der Waals surface area contributed by atoms with E-state index in [1.165, 1.54) is 6.33 Å². The molecular weight excluding hydrogens is 406 g/mol. The van der Waals surface area contributed by atoms with Crippen molar-refractivity contribution in [3.05, 3.63) is 29.0 Å². The fourth-order valence-electron chi connectivity index (χ4n) is 3.50. The van der Waals surface area contributed by atoms with E-state index in [9.17, 15) is 13.6 Å². The predicted molar refractivity (Wildman–Crippen MR) is 103 cm³/mol. The summed E-state index contributed by atoms with van der Waals surface area (Å²) in [5.41, 5.74) is 0.397. The maximum atomic E-state index is 14.2. The Morgan fingerprint density at radius 1 is 1.34 bits per heavy atom. The van der Waals surface area contributed by atoms with Crippen LogP contribution in [0.5, 0.6) is 0 Å². The van der Waals surface area contributed by atoms with Crippen molar-refractivity contribution < 1.29 is 18.3 Å². The number of pyridine rings is 1. The average molecular weight is 425 g/mol. The number of halogens is 3. The molecule has 0 aliphatic carbocycles. The molecule has 4 heterocycles. The fraction of sp³-hybridized carbons (Fsp3) is 0.444. The number of ether oxygens (including phenoxy) is 1. The topological polar surface area (TPSA) is 92.3 Å². The lowest BCUT2D eigenvalue weighted by Gasteiger charge is -2.33. The van der Waals surface area contributed by atoms with Gasteiger partial charge >= 0.3 is 6.09 Å². The van der Waals surface area contributed by atoms with Crippen LogP contribution in [0.4, 0.5) is 25.2 Å². The van der Waals surface area contributed by atoms with Crippen LogP contribution in [0.15, 0.2) is 18.5 Å². The number of fused-ring (bicyclic) bond motifs is 1. The standard InChI is InChI=1S/C18H19ClF2N6O2/c1-9-7-27(4-3-22-9)12-6-10(19)5-11(25-12)14-13-15(18(2,20)21)29-17(28)26-16(13)24-8-23-14/h5-6,8-9,15,22H,3-4,7H2,1-2H3,(H,23,24,26,28)/t9-,15+/m0/s1. The molecule has 0 radical (unpaired) electrons. The molecule has 0 spiro atoms. The summed E-state index contributed by atoms with van der Waals surface area (Å²) in [6.45, 7) is 4.98. The number of alkyl halides is 2. The third-order valence-corrected chi connectivity index (χ3v) is 4.98. The van der Waals surface area contributed by atoms with Crippen LogP contribution in [-0.2, 0) is 4.74 Å². The first kappa shape index (κ1) is 19.7. The Bertz CT molecular complexity index is 954. The lowest BCUT2D eigenvalue weighted by molar-refractivity contribution is -0.0985. The SMILES string of the molecule is C[C@H]1CN(c2cc(Cl)cc(-c3ncnc4c3[C@H](C(C)(F)F)OC(=O)N4)n2)CCN1. The van der Waals surface area contributed by atoms with Gasteiger partial charge in [-0.3, -0.25) is 5.32 Å². The van der Waals surface area contributed by atoms with Gasteiger partial charge in [0.1, 0.15) is 23.7 Å². The zero-order chi connectivity index (χ0) is 20.8. The van der Waals surface area contributed by atoms with E-state index in [4.69, 9.17) is 16.3 Å². The van der Waals surface area contributed by atoms with Crippen LogP contribution >= 0.6 is 11.6 Å². The van der Waals surface area contributed by atoms with Gasteiger partial charge in [0.2, 0.25) is 0 Å². The largest absolute Gasteiger partial charge is 0.434 e. The van der Waals surface area contributed by atoms with E-state index in [1.54, 1.807) is 12.1 Å². The van der Waals surface area contributed by atoms with Gasteiger partial charge in [-0.2, -0.15) is 0 Å². The number of nitrogens with one attached hydrogen (secondary N) is 2. The molecule has 1 fully saturated rings. The van der Waals surface area contributed by atoms with Crippen LogP contribution in [0.2, 0.25) is 5.02 Å². The van der Waals surface area contributed by atoms with Gasteiger partial charge in [0.25, 0.3) is 5.92 Å². The molecule has 0 unspecified atom stereocenters. The molecule has 2 aliphatic heterocycles. The molecule has 2 atom stereocenters. The number of hydrogen-bond acceptors (Lipinski definition) is 7. The maximum Gasteiger partial charge on any atom is 0.413 e. The molecule has 2 aliphatic rings. The minimum absolute atomic E-state index is 0.0307. The lowest BCUT2D eigenvalue weighted by Crippen LogP contribution is -2.49. The summed E-state index contributed by atoms with van der Waals surface area (Å²) < 4.78 is 33.3. The molecule has 2 aromatic heterocycles. The van der Waals surface area contributed by atoms with Crippen molar-refractivity contribution in [3.8, 4) is 11.4 Å². The quantitative estimate of drug-likeness (QED) is 0.781. The lowest BCUT2D eigenvalue weighted by atomic mass is 10.00. The monoisotopic (exact) mass is 424 g/mol. The van der Waals surface area contributed by atoms with E-state index in [1.807, 2.05) is 0 Å².